The van der Waals surface area contributed by atoms with Crippen LogP contribution < -0.4 is 4.90 Å². The molecule has 0 N–H and O–H groups in total. The average Bonchev–Trinajstić information content (AvgIpc) is 3.00. The SMILES string of the molecule is CO/N=C1\C(=O)N(C2CCN(C3CCC(C(C)C)CC3)CC2)c2ccccc21. The zero-order valence-electron chi connectivity index (χ0n) is 17.4. The summed E-state index contributed by atoms with van der Waals surface area (Å²) in [6.45, 7) is 6.90. The van der Waals surface area contributed by atoms with Gasteiger partial charge in [-0.3, -0.25) is 4.79 Å². The number of anilines is 1. The Morgan fingerprint density at radius 2 is 1.68 bits per heavy atom. The lowest BCUT2D eigenvalue weighted by Gasteiger charge is -2.43. The van der Waals surface area contributed by atoms with Crippen molar-refractivity contribution >= 4 is 17.3 Å². The van der Waals surface area contributed by atoms with Crippen molar-refractivity contribution in [3.63, 3.8) is 0 Å². The number of oxime groups is 1. The molecule has 3 aliphatic rings. The monoisotopic (exact) mass is 383 g/mol. The van der Waals surface area contributed by atoms with Gasteiger partial charge < -0.3 is 14.6 Å². The summed E-state index contributed by atoms with van der Waals surface area (Å²) in [5.74, 6) is 1.71. The van der Waals surface area contributed by atoms with E-state index in [9.17, 15) is 4.79 Å². The molecule has 0 atom stereocenters. The van der Waals surface area contributed by atoms with E-state index in [4.69, 9.17) is 4.84 Å². The Morgan fingerprint density at radius 1 is 1.00 bits per heavy atom. The summed E-state index contributed by atoms with van der Waals surface area (Å²) in [6.07, 6.45) is 7.48. The van der Waals surface area contributed by atoms with Gasteiger partial charge in [-0.05, 0) is 56.4 Å². The van der Waals surface area contributed by atoms with Crippen LogP contribution in [0, 0.1) is 11.8 Å². The van der Waals surface area contributed by atoms with Crippen LogP contribution in [-0.4, -0.2) is 48.8 Å². The van der Waals surface area contributed by atoms with E-state index in [1.807, 2.05) is 29.2 Å². The van der Waals surface area contributed by atoms with Gasteiger partial charge in [-0.25, -0.2) is 0 Å². The predicted octanol–water partition coefficient (Wildman–Crippen LogP) is 4.06. The first-order valence-corrected chi connectivity index (χ1v) is 10.9. The molecule has 0 bridgehead atoms. The van der Waals surface area contributed by atoms with Crippen molar-refractivity contribution in [2.75, 3.05) is 25.1 Å². The third-order valence-electron chi connectivity index (χ3n) is 7.09. The van der Waals surface area contributed by atoms with Crippen LogP contribution in [0.5, 0.6) is 0 Å². The first kappa shape index (κ1) is 19.4. The summed E-state index contributed by atoms with van der Waals surface area (Å²) in [5, 5.41) is 4.02. The largest absolute Gasteiger partial charge is 0.398 e. The Labute approximate surface area is 168 Å². The van der Waals surface area contributed by atoms with Gasteiger partial charge in [-0.15, -0.1) is 0 Å². The minimum Gasteiger partial charge on any atom is -0.398 e. The van der Waals surface area contributed by atoms with Gasteiger partial charge in [0.1, 0.15) is 7.11 Å². The van der Waals surface area contributed by atoms with E-state index in [-0.39, 0.29) is 11.9 Å². The molecule has 2 heterocycles. The number of likely N-dealkylation sites (tertiary alicyclic amines) is 1. The van der Waals surface area contributed by atoms with E-state index in [0.29, 0.717) is 5.71 Å². The standard InChI is InChI=1S/C23H33N3O2/c1-16(2)17-8-10-18(11-9-17)25-14-12-19(13-15-25)26-21-7-5-4-6-20(21)22(23(26)27)24-28-3/h4-7,16-19H,8-15H2,1-3H3/b24-22-. The summed E-state index contributed by atoms with van der Waals surface area (Å²) in [5.41, 5.74) is 2.32. The molecule has 1 saturated carbocycles. The fourth-order valence-electron chi connectivity index (χ4n) is 5.41. The minimum atomic E-state index is -0.0149. The molecule has 1 aromatic carbocycles. The molecule has 2 fully saturated rings. The third-order valence-corrected chi connectivity index (χ3v) is 7.09. The summed E-state index contributed by atoms with van der Waals surface area (Å²) >= 11 is 0. The van der Waals surface area contributed by atoms with E-state index < -0.39 is 0 Å². The molecule has 5 nitrogen and oxygen atoms in total. The van der Waals surface area contributed by atoms with Crippen LogP contribution in [0.4, 0.5) is 5.69 Å². The lowest BCUT2D eigenvalue weighted by molar-refractivity contribution is -0.113. The highest BCUT2D eigenvalue weighted by atomic mass is 16.6. The van der Waals surface area contributed by atoms with Gasteiger partial charge in [0.05, 0.1) is 5.69 Å². The van der Waals surface area contributed by atoms with Crippen molar-refractivity contribution in [3.05, 3.63) is 29.8 Å². The van der Waals surface area contributed by atoms with Gasteiger partial charge in [0.15, 0.2) is 5.71 Å². The van der Waals surface area contributed by atoms with Crippen LogP contribution in [-0.2, 0) is 9.63 Å². The van der Waals surface area contributed by atoms with E-state index in [1.165, 1.54) is 32.8 Å². The minimum absolute atomic E-state index is 0.0149. The maximum absolute atomic E-state index is 13.0. The number of piperidine rings is 1. The maximum atomic E-state index is 13.0. The topological polar surface area (TPSA) is 45.1 Å². The summed E-state index contributed by atoms with van der Waals surface area (Å²) in [7, 11) is 1.50. The maximum Gasteiger partial charge on any atom is 0.281 e. The van der Waals surface area contributed by atoms with Crippen molar-refractivity contribution in [2.24, 2.45) is 17.0 Å². The molecule has 28 heavy (non-hydrogen) atoms. The predicted molar refractivity (Wildman–Crippen MR) is 113 cm³/mol. The van der Waals surface area contributed by atoms with Crippen LogP contribution in [0.2, 0.25) is 0 Å². The second-order valence-electron chi connectivity index (χ2n) is 8.89. The van der Waals surface area contributed by atoms with Crippen LogP contribution in [0.1, 0.15) is 57.9 Å². The quantitative estimate of drug-likeness (QED) is 0.737. The molecule has 0 spiro atoms. The van der Waals surface area contributed by atoms with E-state index >= 15 is 0 Å². The highest BCUT2D eigenvalue weighted by Gasteiger charge is 2.40. The molecular weight excluding hydrogens is 350 g/mol. The molecular formula is C23H33N3O2. The summed E-state index contributed by atoms with van der Waals surface area (Å²) < 4.78 is 0. The average molecular weight is 384 g/mol. The Balaban J connectivity index is 1.40. The normalized spacial score (nSPS) is 28.2. The first-order valence-electron chi connectivity index (χ1n) is 10.9. The van der Waals surface area contributed by atoms with Crippen molar-refractivity contribution in [3.8, 4) is 0 Å². The number of nitrogens with zero attached hydrogens (tertiary/aromatic N) is 3. The number of carbonyl (C=O) groups is 1. The molecule has 1 aromatic rings. The van der Waals surface area contributed by atoms with E-state index in [1.54, 1.807) is 0 Å². The Kier molecular flexibility index (Phi) is 5.72. The number of carbonyl (C=O) groups excluding carboxylic acids is 1. The van der Waals surface area contributed by atoms with Gasteiger partial charge in [0, 0.05) is 30.7 Å². The highest BCUT2D eigenvalue weighted by molar-refractivity contribution is 6.54. The number of benzene rings is 1. The molecule has 0 aromatic heterocycles. The number of amides is 1. The second kappa shape index (κ2) is 8.24. The molecule has 1 amide bonds. The van der Waals surface area contributed by atoms with Crippen molar-refractivity contribution < 1.29 is 9.63 Å². The van der Waals surface area contributed by atoms with Crippen molar-refractivity contribution in [1.82, 2.24) is 4.90 Å². The molecule has 0 unspecified atom stereocenters. The molecule has 0 radical (unpaired) electrons. The summed E-state index contributed by atoms with van der Waals surface area (Å²) in [4.78, 5) is 22.6. The third kappa shape index (κ3) is 3.57. The molecule has 4 rings (SSSR count). The van der Waals surface area contributed by atoms with Crippen LogP contribution in [0.25, 0.3) is 0 Å². The first-order chi connectivity index (χ1) is 13.6. The smallest absolute Gasteiger partial charge is 0.281 e. The second-order valence-corrected chi connectivity index (χ2v) is 8.89. The van der Waals surface area contributed by atoms with Gasteiger partial charge in [-0.1, -0.05) is 37.2 Å². The Hall–Kier alpha value is -1.88. The van der Waals surface area contributed by atoms with Crippen molar-refractivity contribution in [2.45, 2.75) is 64.5 Å². The molecule has 5 heteroatoms. The van der Waals surface area contributed by atoms with Gasteiger partial charge in [-0.2, -0.15) is 0 Å². The molecule has 2 aliphatic heterocycles. The van der Waals surface area contributed by atoms with E-state index in [2.05, 4.69) is 23.9 Å². The van der Waals surface area contributed by atoms with Crippen molar-refractivity contribution in [1.29, 1.82) is 0 Å². The van der Waals surface area contributed by atoms with Crippen LogP contribution in [0.15, 0.2) is 29.4 Å². The number of fused-ring (bicyclic) bond motifs is 1. The summed E-state index contributed by atoms with van der Waals surface area (Å²) in [6, 6.07) is 8.94. The van der Waals surface area contributed by atoms with E-state index in [0.717, 1.165) is 55.1 Å². The lowest BCUT2D eigenvalue weighted by Crippen LogP contribution is -2.50. The fourth-order valence-corrected chi connectivity index (χ4v) is 5.41. The molecule has 152 valence electrons. The van der Waals surface area contributed by atoms with Crippen LogP contribution in [0.3, 0.4) is 0 Å². The Morgan fingerprint density at radius 3 is 2.32 bits per heavy atom. The number of hydrogen-bond acceptors (Lipinski definition) is 4. The van der Waals surface area contributed by atoms with Crippen LogP contribution >= 0.6 is 0 Å². The molecule has 1 aliphatic carbocycles. The van der Waals surface area contributed by atoms with Gasteiger partial charge >= 0.3 is 0 Å². The molecule has 1 saturated heterocycles. The van der Waals surface area contributed by atoms with Gasteiger partial charge in [0.2, 0.25) is 0 Å². The zero-order valence-corrected chi connectivity index (χ0v) is 17.4. The highest BCUT2D eigenvalue weighted by Crippen LogP contribution is 2.36. The zero-order chi connectivity index (χ0) is 19.7. The Bertz CT molecular complexity index is 729. The lowest BCUT2D eigenvalue weighted by atomic mass is 9.79. The number of rotatable bonds is 4. The van der Waals surface area contributed by atoms with Gasteiger partial charge in [0.25, 0.3) is 5.91 Å². The fraction of sp³-hybridized carbons (Fsp3) is 0.652. The number of para-hydroxylation sites is 1. The number of hydrogen-bond donors (Lipinski definition) is 0.